The molecule has 1 aromatic heterocycles. The van der Waals surface area contributed by atoms with Gasteiger partial charge in [0.05, 0.1) is 18.0 Å². The van der Waals surface area contributed by atoms with E-state index in [4.69, 9.17) is 14.8 Å². The third kappa shape index (κ3) is 5.32. The van der Waals surface area contributed by atoms with Gasteiger partial charge < -0.3 is 14.9 Å². The number of nitrogens with zero attached hydrogens (tertiary/aromatic N) is 4. The predicted molar refractivity (Wildman–Crippen MR) is 141 cm³/mol. The van der Waals surface area contributed by atoms with E-state index in [1.165, 1.54) is 0 Å². The molecule has 0 saturated carbocycles. The number of hydrogen-bond acceptors (Lipinski definition) is 8. The van der Waals surface area contributed by atoms with Crippen molar-refractivity contribution in [1.29, 1.82) is 0 Å². The van der Waals surface area contributed by atoms with Crippen LogP contribution in [0.4, 0.5) is 4.79 Å². The predicted octanol–water partition coefficient (Wildman–Crippen LogP) is 2.92. The molecule has 10 heteroatoms. The van der Waals surface area contributed by atoms with E-state index in [2.05, 4.69) is 20.8 Å². The molecule has 4 aromatic rings. The Morgan fingerprint density at radius 1 is 1.05 bits per heavy atom. The molecule has 4 N–H and O–H groups in total. The monoisotopic (exact) mass is 512 g/mol. The van der Waals surface area contributed by atoms with Crippen LogP contribution in [0.1, 0.15) is 46.3 Å². The number of fused-ring (bicyclic) bond motifs is 3. The van der Waals surface area contributed by atoms with Gasteiger partial charge in [0.15, 0.2) is 12.0 Å². The average Bonchev–Trinajstić information content (AvgIpc) is 3.28. The quantitative estimate of drug-likeness (QED) is 0.267. The topological polar surface area (TPSA) is 134 Å². The van der Waals surface area contributed by atoms with E-state index in [1.807, 2.05) is 84.3 Å². The first-order valence-electron chi connectivity index (χ1n) is 12.2. The molecule has 38 heavy (non-hydrogen) atoms. The van der Waals surface area contributed by atoms with E-state index < -0.39 is 18.5 Å². The first-order chi connectivity index (χ1) is 18.5. The van der Waals surface area contributed by atoms with Crippen molar-refractivity contribution in [1.82, 2.24) is 25.4 Å². The Kier molecular flexibility index (Phi) is 7.55. The van der Waals surface area contributed by atoms with Crippen LogP contribution >= 0.6 is 0 Å². The van der Waals surface area contributed by atoms with Gasteiger partial charge in [-0.2, -0.15) is 0 Å². The third-order valence-corrected chi connectivity index (χ3v) is 6.15. The SMILES string of the molecule is Cc1nnc2n1-c1cc(C(O)NCCO)ccc1C(c1ccccc1)=NC2NC(=O)OCc1ccccc1. The number of aliphatic imine (C=N–C) groups is 1. The Balaban J connectivity index is 1.55. The lowest BCUT2D eigenvalue weighted by Crippen LogP contribution is -2.30. The number of nitrogens with one attached hydrogen (secondary N) is 2. The molecule has 1 aliphatic heterocycles. The van der Waals surface area contributed by atoms with Gasteiger partial charge in [0, 0.05) is 17.7 Å². The van der Waals surface area contributed by atoms with Crippen molar-refractivity contribution in [3.63, 3.8) is 0 Å². The van der Waals surface area contributed by atoms with Crippen molar-refractivity contribution in [3.05, 3.63) is 113 Å². The highest BCUT2D eigenvalue weighted by Gasteiger charge is 2.30. The maximum absolute atomic E-state index is 12.9. The van der Waals surface area contributed by atoms with Crippen LogP contribution in [-0.2, 0) is 11.3 Å². The average molecular weight is 513 g/mol. The maximum atomic E-state index is 12.9. The number of aliphatic hydroxyl groups is 2. The number of aliphatic hydroxyl groups excluding tert-OH is 2. The lowest BCUT2D eigenvalue weighted by molar-refractivity contribution is 0.129. The highest BCUT2D eigenvalue weighted by Crippen LogP contribution is 2.31. The molecule has 1 aliphatic rings. The highest BCUT2D eigenvalue weighted by molar-refractivity contribution is 6.15. The van der Waals surface area contributed by atoms with Gasteiger partial charge in [-0.05, 0) is 24.1 Å². The van der Waals surface area contributed by atoms with Crippen LogP contribution in [-0.4, -0.2) is 49.9 Å². The van der Waals surface area contributed by atoms with E-state index in [0.29, 0.717) is 28.6 Å². The van der Waals surface area contributed by atoms with Crippen LogP contribution in [0.2, 0.25) is 0 Å². The van der Waals surface area contributed by atoms with Crippen LogP contribution in [0.25, 0.3) is 5.69 Å². The van der Waals surface area contributed by atoms with Crippen LogP contribution < -0.4 is 10.6 Å². The Hall–Kier alpha value is -4.38. The summed E-state index contributed by atoms with van der Waals surface area (Å²) >= 11 is 0. The number of aromatic nitrogens is 3. The summed E-state index contributed by atoms with van der Waals surface area (Å²) in [5.41, 5.74) is 4.43. The zero-order valence-corrected chi connectivity index (χ0v) is 20.8. The van der Waals surface area contributed by atoms with Gasteiger partial charge in [-0.1, -0.05) is 72.8 Å². The lowest BCUT2D eigenvalue weighted by atomic mass is 9.98. The molecular formula is C28H28N6O4. The molecular weight excluding hydrogens is 484 g/mol. The molecule has 0 spiro atoms. The van der Waals surface area contributed by atoms with Crippen molar-refractivity contribution in [2.75, 3.05) is 13.2 Å². The number of carbonyl (C=O) groups excluding carboxylic acids is 1. The number of rotatable bonds is 8. The van der Waals surface area contributed by atoms with Gasteiger partial charge in [-0.15, -0.1) is 10.2 Å². The zero-order chi connectivity index (χ0) is 26.5. The van der Waals surface area contributed by atoms with Gasteiger partial charge in [-0.3, -0.25) is 20.2 Å². The normalized spacial score (nSPS) is 15.0. The van der Waals surface area contributed by atoms with E-state index in [9.17, 15) is 9.90 Å². The molecule has 0 saturated heterocycles. The summed E-state index contributed by atoms with van der Waals surface area (Å²) in [5.74, 6) is 0.992. The van der Waals surface area contributed by atoms with Crippen LogP contribution in [0, 0.1) is 6.92 Å². The molecule has 0 radical (unpaired) electrons. The summed E-state index contributed by atoms with van der Waals surface area (Å²) in [6.45, 7) is 2.06. The second kappa shape index (κ2) is 11.3. The molecule has 2 atom stereocenters. The first-order valence-corrected chi connectivity index (χ1v) is 12.2. The van der Waals surface area contributed by atoms with Crippen LogP contribution in [0.3, 0.4) is 0 Å². The molecule has 2 unspecified atom stereocenters. The van der Waals surface area contributed by atoms with E-state index in [1.54, 1.807) is 6.07 Å². The molecule has 2 heterocycles. The van der Waals surface area contributed by atoms with E-state index >= 15 is 0 Å². The number of aryl methyl sites for hydroxylation is 1. The number of alkyl carbamates (subject to hydrolysis) is 1. The number of hydrogen-bond donors (Lipinski definition) is 4. The summed E-state index contributed by atoms with van der Waals surface area (Å²) in [6.07, 6.45) is -2.52. The highest BCUT2D eigenvalue weighted by atomic mass is 16.5. The number of ether oxygens (including phenoxy) is 1. The minimum absolute atomic E-state index is 0.102. The smallest absolute Gasteiger partial charge is 0.409 e. The van der Waals surface area contributed by atoms with Gasteiger partial charge in [0.25, 0.3) is 0 Å². The van der Waals surface area contributed by atoms with Gasteiger partial charge in [0.2, 0.25) is 0 Å². The Labute approximate surface area is 219 Å². The Morgan fingerprint density at radius 3 is 2.53 bits per heavy atom. The Bertz CT molecular complexity index is 1440. The fourth-order valence-corrected chi connectivity index (χ4v) is 4.33. The van der Waals surface area contributed by atoms with Crippen molar-refractivity contribution in [3.8, 4) is 5.69 Å². The molecule has 10 nitrogen and oxygen atoms in total. The molecule has 3 aromatic carbocycles. The minimum Gasteiger partial charge on any atom is -0.445 e. The summed E-state index contributed by atoms with van der Waals surface area (Å²) in [6, 6.07) is 24.6. The number of carbonyl (C=O) groups is 1. The van der Waals surface area contributed by atoms with Crippen LogP contribution in [0.5, 0.6) is 0 Å². The number of amides is 1. The minimum atomic E-state index is -0.991. The molecule has 0 bridgehead atoms. The van der Waals surface area contributed by atoms with Gasteiger partial charge >= 0.3 is 6.09 Å². The fourth-order valence-electron chi connectivity index (χ4n) is 4.33. The van der Waals surface area contributed by atoms with E-state index in [0.717, 1.165) is 16.7 Å². The molecule has 5 rings (SSSR count). The second-order valence-corrected chi connectivity index (χ2v) is 8.75. The van der Waals surface area contributed by atoms with Crippen molar-refractivity contribution in [2.45, 2.75) is 25.9 Å². The molecule has 1 amide bonds. The van der Waals surface area contributed by atoms with Gasteiger partial charge in [0.1, 0.15) is 18.7 Å². The largest absolute Gasteiger partial charge is 0.445 e. The van der Waals surface area contributed by atoms with Gasteiger partial charge in [-0.25, -0.2) is 4.79 Å². The summed E-state index contributed by atoms with van der Waals surface area (Å²) in [5, 5.41) is 34.1. The maximum Gasteiger partial charge on any atom is 0.409 e. The van der Waals surface area contributed by atoms with Crippen LogP contribution in [0.15, 0.2) is 83.9 Å². The summed E-state index contributed by atoms with van der Waals surface area (Å²) < 4.78 is 7.28. The second-order valence-electron chi connectivity index (χ2n) is 8.75. The summed E-state index contributed by atoms with van der Waals surface area (Å²) in [7, 11) is 0. The summed E-state index contributed by atoms with van der Waals surface area (Å²) in [4.78, 5) is 17.8. The van der Waals surface area contributed by atoms with Crippen molar-refractivity contribution >= 4 is 11.8 Å². The first kappa shape index (κ1) is 25.3. The zero-order valence-electron chi connectivity index (χ0n) is 20.8. The number of benzene rings is 3. The van der Waals surface area contributed by atoms with Crippen molar-refractivity contribution < 1.29 is 19.7 Å². The lowest BCUT2D eigenvalue weighted by Gasteiger charge is -2.17. The standard InChI is InChI=1S/C28H28N6O4/c1-18-32-33-26-25(31-28(37)38-17-19-8-4-2-5-9-19)30-24(20-10-6-3-7-11-20)22-13-12-21(16-23(22)34(18)26)27(36)29-14-15-35/h2-13,16,25,27,29,35-36H,14-15,17H2,1H3,(H,31,37). The molecule has 0 fully saturated rings. The van der Waals surface area contributed by atoms with Crippen molar-refractivity contribution in [2.24, 2.45) is 4.99 Å². The molecule has 194 valence electrons. The Morgan fingerprint density at radius 2 is 1.79 bits per heavy atom. The third-order valence-electron chi connectivity index (χ3n) is 6.15. The van der Waals surface area contributed by atoms with E-state index in [-0.39, 0.29) is 19.8 Å². The fraction of sp³-hybridized carbons (Fsp3) is 0.214. The molecule has 0 aliphatic carbocycles.